The number of nitrogens with one attached hydrogen (secondary N) is 1. The summed E-state index contributed by atoms with van der Waals surface area (Å²) in [6.45, 7) is 3.28. The van der Waals surface area contributed by atoms with Crippen molar-refractivity contribution < 1.29 is 9.59 Å². The topological polar surface area (TPSA) is 52.7 Å². The van der Waals surface area contributed by atoms with E-state index in [0.717, 1.165) is 32.4 Å². The summed E-state index contributed by atoms with van der Waals surface area (Å²) in [6.07, 6.45) is 4.24. The van der Waals surface area contributed by atoms with Crippen molar-refractivity contribution in [3.63, 3.8) is 0 Å². The Kier molecular flexibility index (Phi) is 3.64. The van der Waals surface area contributed by atoms with Gasteiger partial charge in [0.2, 0.25) is 5.91 Å². The van der Waals surface area contributed by atoms with Crippen molar-refractivity contribution in [2.75, 3.05) is 32.7 Å². The maximum atomic E-state index is 12.1. The molecule has 0 aliphatic carbocycles. The average molecular weight is 225 g/mol. The highest BCUT2D eigenvalue weighted by Gasteiger charge is 2.25. The van der Waals surface area contributed by atoms with Gasteiger partial charge in [0.1, 0.15) is 6.54 Å². The summed E-state index contributed by atoms with van der Waals surface area (Å²) in [5.74, 6) is -0.0390. The van der Waals surface area contributed by atoms with Gasteiger partial charge in [-0.15, -0.1) is 0 Å². The fourth-order valence-corrected chi connectivity index (χ4v) is 2.25. The van der Waals surface area contributed by atoms with Crippen LogP contribution in [0, 0.1) is 0 Å². The van der Waals surface area contributed by atoms with Gasteiger partial charge in [-0.3, -0.25) is 4.79 Å². The predicted molar refractivity (Wildman–Crippen MR) is 60.0 cm³/mol. The summed E-state index contributed by atoms with van der Waals surface area (Å²) in [4.78, 5) is 27.0. The zero-order valence-electron chi connectivity index (χ0n) is 9.57. The lowest BCUT2D eigenvalue weighted by Gasteiger charge is -2.31. The van der Waals surface area contributed by atoms with Crippen LogP contribution in [0.2, 0.25) is 0 Å². The molecule has 0 aromatic heterocycles. The van der Waals surface area contributed by atoms with Crippen LogP contribution in [0.5, 0.6) is 0 Å². The molecule has 1 N–H and O–H groups in total. The molecule has 16 heavy (non-hydrogen) atoms. The zero-order chi connectivity index (χ0) is 11.4. The first-order valence-corrected chi connectivity index (χ1v) is 6.08. The average Bonchev–Trinajstić information content (AvgIpc) is 2.54. The Hall–Kier alpha value is -1.26. The Morgan fingerprint density at radius 3 is 2.44 bits per heavy atom. The number of piperidine rings is 1. The molecule has 90 valence electrons. The number of amides is 3. The van der Waals surface area contributed by atoms with Gasteiger partial charge in [-0.2, -0.15) is 0 Å². The van der Waals surface area contributed by atoms with Crippen LogP contribution in [0.3, 0.4) is 0 Å². The van der Waals surface area contributed by atoms with Crippen LogP contribution in [0.25, 0.3) is 0 Å². The van der Waals surface area contributed by atoms with Gasteiger partial charge in [-0.25, -0.2) is 4.79 Å². The lowest BCUT2D eigenvalue weighted by molar-refractivity contribution is -0.121. The third-order valence-electron chi connectivity index (χ3n) is 3.16. The third-order valence-corrected chi connectivity index (χ3v) is 3.16. The molecule has 0 bridgehead atoms. The number of carbonyl (C=O) groups excluding carboxylic acids is 2. The van der Waals surface area contributed by atoms with Crippen LogP contribution in [0.4, 0.5) is 4.79 Å². The second-order valence-corrected chi connectivity index (χ2v) is 4.46. The number of urea groups is 1. The molecule has 0 atom stereocenters. The Balaban J connectivity index is 1.93. The summed E-state index contributed by atoms with van der Waals surface area (Å²) in [5, 5.41) is 2.78. The Morgan fingerprint density at radius 2 is 1.69 bits per heavy atom. The summed E-state index contributed by atoms with van der Waals surface area (Å²) >= 11 is 0. The molecule has 0 radical (unpaired) electrons. The molecule has 2 aliphatic heterocycles. The molecule has 2 saturated heterocycles. The van der Waals surface area contributed by atoms with E-state index in [2.05, 4.69) is 5.32 Å². The molecule has 2 aliphatic rings. The van der Waals surface area contributed by atoms with E-state index < -0.39 is 0 Å². The summed E-state index contributed by atoms with van der Waals surface area (Å²) in [5.41, 5.74) is 0. The van der Waals surface area contributed by atoms with Crippen molar-refractivity contribution >= 4 is 11.9 Å². The van der Waals surface area contributed by atoms with Crippen molar-refractivity contribution in [3.8, 4) is 0 Å². The number of carbonyl (C=O) groups is 2. The first kappa shape index (κ1) is 11.2. The second-order valence-electron chi connectivity index (χ2n) is 4.46. The van der Waals surface area contributed by atoms with Crippen LogP contribution in [0.15, 0.2) is 0 Å². The van der Waals surface area contributed by atoms with E-state index >= 15 is 0 Å². The molecular formula is C11H19N3O2. The van der Waals surface area contributed by atoms with E-state index in [4.69, 9.17) is 0 Å². The van der Waals surface area contributed by atoms with Crippen molar-refractivity contribution in [2.45, 2.75) is 25.7 Å². The predicted octanol–water partition coefficient (Wildman–Crippen LogP) is 0.414. The molecular weight excluding hydrogens is 206 g/mol. The van der Waals surface area contributed by atoms with Gasteiger partial charge in [-0.05, 0) is 25.7 Å². The smallest absolute Gasteiger partial charge is 0.320 e. The summed E-state index contributed by atoms with van der Waals surface area (Å²) < 4.78 is 0. The van der Waals surface area contributed by atoms with Crippen molar-refractivity contribution in [1.29, 1.82) is 0 Å². The number of likely N-dealkylation sites (tertiary alicyclic amines) is 1. The summed E-state index contributed by atoms with van der Waals surface area (Å²) in [7, 11) is 0. The monoisotopic (exact) mass is 225 g/mol. The molecule has 3 amide bonds. The lowest BCUT2D eigenvalue weighted by atomic mass is 10.1. The number of rotatable bonds is 0. The molecule has 5 heteroatoms. The van der Waals surface area contributed by atoms with E-state index in [1.54, 1.807) is 4.90 Å². The molecule has 0 saturated carbocycles. The fraction of sp³-hybridized carbons (Fsp3) is 0.818. The molecule has 0 spiro atoms. The first-order chi connectivity index (χ1) is 7.77. The van der Waals surface area contributed by atoms with Gasteiger partial charge in [0.25, 0.3) is 0 Å². The quantitative estimate of drug-likeness (QED) is 0.649. The maximum Gasteiger partial charge on any atom is 0.320 e. The SMILES string of the molecule is O=C1CN(C(=O)N2CCCCC2)CCCN1. The van der Waals surface area contributed by atoms with Crippen LogP contribution in [-0.2, 0) is 4.79 Å². The van der Waals surface area contributed by atoms with Gasteiger partial charge in [0.05, 0.1) is 0 Å². The van der Waals surface area contributed by atoms with E-state index in [1.807, 2.05) is 4.90 Å². The van der Waals surface area contributed by atoms with Crippen LogP contribution in [0.1, 0.15) is 25.7 Å². The van der Waals surface area contributed by atoms with E-state index in [9.17, 15) is 9.59 Å². The second kappa shape index (κ2) is 5.18. The minimum atomic E-state index is -0.0390. The minimum Gasteiger partial charge on any atom is -0.354 e. The maximum absolute atomic E-state index is 12.1. The van der Waals surface area contributed by atoms with Crippen molar-refractivity contribution in [1.82, 2.24) is 15.1 Å². The van der Waals surface area contributed by atoms with Gasteiger partial charge in [-0.1, -0.05) is 0 Å². The van der Waals surface area contributed by atoms with Crippen LogP contribution in [-0.4, -0.2) is 54.5 Å². The van der Waals surface area contributed by atoms with Gasteiger partial charge >= 0.3 is 6.03 Å². The zero-order valence-corrected chi connectivity index (χ0v) is 9.57. The van der Waals surface area contributed by atoms with Gasteiger partial charge in [0.15, 0.2) is 0 Å². The Bertz CT molecular complexity index is 274. The lowest BCUT2D eigenvalue weighted by Crippen LogP contribution is -2.47. The van der Waals surface area contributed by atoms with E-state index in [0.29, 0.717) is 13.1 Å². The number of nitrogens with zero attached hydrogens (tertiary/aromatic N) is 2. The Morgan fingerprint density at radius 1 is 1.00 bits per heavy atom. The summed E-state index contributed by atoms with van der Waals surface area (Å²) in [6, 6.07) is 0.0387. The van der Waals surface area contributed by atoms with Crippen molar-refractivity contribution in [3.05, 3.63) is 0 Å². The highest BCUT2D eigenvalue weighted by Crippen LogP contribution is 2.11. The van der Waals surface area contributed by atoms with E-state index in [-0.39, 0.29) is 18.5 Å². The van der Waals surface area contributed by atoms with Crippen molar-refractivity contribution in [2.24, 2.45) is 0 Å². The molecule has 0 aromatic carbocycles. The molecule has 2 heterocycles. The minimum absolute atomic E-state index is 0.0387. The fourth-order valence-electron chi connectivity index (χ4n) is 2.25. The molecule has 0 aromatic rings. The molecule has 2 rings (SSSR count). The normalized spacial score (nSPS) is 22.6. The first-order valence-electron chi connectivity index (χ1n) is 6.08. The van der Waals surface area contributed by atoms with E-state index in [1.165, 1.54) is 6.42 Å². The molecule has 2 fully saturated rings. The largest absolute Gasteiger partial charge is 0.354 e. The molecule has 5 nitrogen and oxygen atoms in total. The van der Waals surface area contributed by atoms with Gasteiger partial charge in [0, 0.05) is 26.2 Å². The van der Waals surface area contributed by atoms with Crippen LogP contribution >= 0.6 is 0 Å². The standard InChI is InChI=1S/C11H19N3O2/c15-10-9-14(8-4-5-12-10)11(16)13-6-2-1-3-7-13/h1-9H2,(H,12,15). The van der Waals surface area contributed by atoms with Gasteiger partial charge < -0.3 is 15.1 Å². The van der Waals surface area contributed by atoms with Crippen LogP contribution < -0.4 is 5.32 Å². The number of hydrogen-bond acceptors (Lipinski definition) is 2. The number of hydrogen-bond donors (Lipinski definition) is 1. The Labute approximate surface area is 95.8 Å². The highest BCUT2D eigenvalue weighted by molar-refractivity contribution is 5.84. The molecule has 0 unspecified atom stereocenters. The third kappa shape index (κ3) is 2.65. The highest BCUT2D eigenvalue weighted by atomic mass is 16.2.